The second kappa shape index (κ2) is 30.8. The van der Waals surface area contributed by atoms with Crippen LogP contribution < -0.4 is 0 Å². The van der Waals surface area contributed by atoms with Gasteiger partial charge in [-0.15, -0.1) is 0 Å². The Morgan fingerprint density at radius 1 is 0.528 bits per heavy atom. The van der Waals surface area contributed by atoms with Gasteiger partial charge in [0.25, 0.3) is 0 Å². The quantitative estimate of drug-likeness (QED) is 0.0525. The van der Waals surface area contributed by atoms with E-state index >= 15 is 0 Å². The number of hydrogen-bond donors (Lipinski definition) is 0. The monoisotopic (exact) mass is 499 g/mol. The van der Waals surface area contributed by atoms with E-state index in [4.69, 9.17) is 7.85 Å². The first kappa shape index (κ1) is 35.5. The standard InChI is InChI=1S/C35H67B/c1-4-6-8-10-12-14-16-17-19-21-23-25-27-32-35(36)33-29-28-31-34(3)30-26-24-22-20-18-15-13-11-9-7-5-2/h28,31,35H,3-27,29-30,32-33H2,1-2H3/b31-28-. The van der Waals surface area contributed by atoms with Crippen molar-refractivity contribution in [2.24, 2.45) is 0 Å². The predicted octanol–water partition coefficient (Wildman–Crippen LogP) is 13.0. The highest BCUT2D eigenvalue weighted by Gasteiger charge is 2.01. The Bertz CT molecular complexity index is 452. The fraction of sp³-hybridized carbons (Fsp3) is 0.886. The summed E-state index contributed by atoms with van der Waals surface area (Å²) in [6.45, 7) is 8.84. The van der Waals surface area contributed by atoms with E-state index in [9.17, 15) is 0 Å². The molecule has 36 heavy (non-hydrogen) atoms. The first-order valence-corrected chi connectivity index (χ1v) is 16.8. The zero-order valence-corrected chi connectivity index (χ0v) is 25.3. The molecule has 2 radical (unpaired) electrons. The topological polar surface area (TPSA) is 0 Å². The van der Waals surface area contributed by atoms with Gasteiger partial charge >= 0.3 is 0 Å². The fourth-order valence-corrected chi connectivity index (χ4v) is 5.23. The molecule has 0 amide bonds. The van der Waals surface area contributed by atoms with Crippen molar-refractivity contribution >= 4 is 7.85 Å². The summed E-state index contributed by atoms with van der Waals surface area (Å²) in [5, 5.41) is 0. The van der Waals surface area contributed by atoms with E-state index in [-0.39, 0.29) is 0 Å². The van der Waals surface area contributed by atoms with Crippen LogP contribution in [0.4, 0.5) is 0 Å². The average Bonchev–Trinajstić information content (AvgIpc) is 2.88. The molecule has 0 saturated heterocycles. The minimum atomic E-state index is 0.377. The minimum Gasteiger partial charge on any atom is -0.0958 e. The SMILES string of the molecule is [B]C(CC/C=C\C(=C)CCCCCCCCCCCCC)CCCCCCCCCCCCCCC. The Balaban J connectivity index is 3.35. The molecule has 0 fully saturated rings. The van der Waals surface area contributed by atoms with Crippen LogP contribution in [0, 0.1) is 0 Å². The van der Waals surface area contributed by atoms with Gasteiger partial charge in [-0.25, -0.2) is 0 Å². The summed E-state index contributed by atoms with van der Waals surface area (Å²) in [5.74, 6) is 0.377. The molecule has 0 aromatic heterocycles. The third-order valence-corrected chi connectivity index (χ3v) is 7.84. The molecule has 0 heterocycles. The lowest BCUT2D eigenvalue weighted by atomic mass is 9.79. The molecule has 1 unspecified atom stereocenters. The molecule has 0 saturated carbocycles. The highest BCUT2D eigenvalue weighted by atomic mass is 14.0. The zero-order chi connectivity index (χ0) is 26.4. The highest BCUT2D eigenvalue weighted by molar-refractivity contribution is 6.11. The van der Waals surface area contributed by atoms with Gasteiger partial charge in [-0.3, -0.25) is 0 Å². The van der Waals surface area contributed by atoms with Gasteiger partial charge in [-0.2, -0.15) is 0 Å². The van der Waals surface area contributed by atoms with E-state index in [2.05, 4.69) is 32.6 Å². The number of hydrogen-bond acceptors (Lipinski definition) is 0. The Morgan fingerprint density at radius 3 is 1.31 bits per heavy atom. The van der Waals surface area contributed by atoms with Gasteiger partial charge < -0.3 is 0 Å². The second-order valence-corrected chi connectivity index (χ2v) is 11.7. The van der Waals surface area contributed by atoms with Crippen molar-refractivity contribution < 1.29 is 0 Å². The minimum absolute atomic E-state index is 0.377. The van der Waals surface area contributed by atoms with Crippen LogP contribution in [0.25, 0.3) is 0 Å². The second-order valence-electron chi connectivity index (χ2n) is 11.7. The predicted molar refractivity (Wildman–Crippen MR) is 168 cm³/mol. The number of rotatable bonds is 30. The first-order valence-electron chi connectivity index (χ1n) is 16.8. The molecule has 0 N–H and O–H groups in total. The number of unbranched alkanes of at least 4 members (excludes halogenated alkanes) is 22. The fourth-order valence-electron chi connectivity index (χ4n) is 5.23. The molecule has 0 spiro atoms. The maximum absolute atomic E-state index is 6.35. The van der Waals surface area contributed by atoms with Crippen molar-refractivity contribution in [3.05, 3.63) is 24.3 Å². The molecule has 0 aromatic rings. The summed E-state index contributed by atoms with van der Waals surface area (Å²) in [6.07, 6.45) is 43.1. The summed E-state index contributed by atoms with van der Waals surface area (Å²) in [4.78, 5) is 0. The normalized spacial score (nSPS) is 12.5. The largest absolute Gasteiger partial charge is 0.0958 e. The third kappa shape index (κ3) is 29.8. The lowest BCUT2D eigenvalue weighted by molar-refractivity contribution is 0.530. The van der Waals surface area contributed by atoms with Gasteiger partial charge in [0.15, 0.2) is 0 Å². The summed E-state index contributed by atoms with van der Waals surface area (Å²) >= 11 is 0. The molecule has 1 heteroatoms. The molecular weight excluding hydrogens is 431 g/mol. The van der Waals surface area contributed by atoms with E-state index in [0.29, 0.717) is 5.82 Å². The van der Waals surface area contributed by atoms with Gasteiger partial charge in [0, 0.05) is 0 Å². The Morgan fingerprint density at radius 2 is 0.889 bits per heavy atom. The van der Waals surface area contributed by atoms with E-state index in [0.717, 1.165) is 12.8 Å². The third-order valence-electron chi connectivity index (χ3n) is 7.84. The van der Waals surface area contributed by atoms with Crippen LogP contribution in [0.15, 0.2) is 24.3 Å². The molecule has 0 rings (SSSR count). The Kier molecular flexibility index (Phi) is 30.4. The van der Waals surface area contributed by atoms with Crippen LogP contribution >= 0.6 is 0 Å². The van der Waals surface area contributed by atoms with Gasteiger partial charge in [0.2, 0.25) is 0 Å². The summed E-state index contributed by atoms with van der Waals surface area (Å²) in [5.41, 5.74) is 1.30. The van der Waals surface area contributed by atoms with Crippen molar-refractivity contribution in [3.8, 4) is 0 Å². The van der Waals surface area contributed by atoms with Crippen LogP contribution in [-0.2, 0) is 0 Å². The van der Waals surface area contributed by atoms with Crippen molar-refractivity contribution in [3.63, 3.8) is 0 Å². The van der Waals surface area contributed by atoms with Crippen LogP contribution in [0.3, 0.4) is 0 Å². The smallest absolute Gasteiger partial charge is 0.0699 e. The molecule has 0 aromatic carbocycles. The van der Waals surface area contributed by atoms with E-state index in [1.807, 2.05) is 0 Å². The van der Waals surface area contributed by atoms with E-state index < -0.39 is 0 Å². The van der Waals surface area contributed by atoms with Crippen LogP contribution in [0.2, 0.25) is 5.82 Å². The highest BCUT2D eigenvalue weighted by Crippen LogP contribution is 2.20. The summed E-state index contributed by atoms with van der Waals surface area (Å²) < 4.78 is 0. The van der Waals surface area contributed by atoms with E-state index in [1.54, 1.807) is 0 Å². The Labute approximate surface area is 231 Å². The van der Waals surface area contributed by atoms with E-state index in [1.165, 1.54) is 173 Å². The van der Waals surface area contributed by atoms with Crippen molar-refractivity contribution in [1.29, 1.82) is 0 Å². The number of allylic oxidation sites excluding steroid dienone is 3. The average molecular weight is 499 g/mol. The van der Waals surface area contributed by atoms with Gasteiger partial charge in [-0.1, -0.05) is 204 Å². The van der Waals surface area contributed by atoms with Crippen LogP contribution in [0.1, 0.15) is 194 Å². The van der Waals surface area contributed by atoms with Crippen LogP contribution in [0.5, 0.6) is 0 Å². The zero-order valence-electron chi connectivity index (χ0n) is 25.3. The van der Waals surface area contributed by atoms with Crippen molar-refractivity contribution in [2.45, 2.75) is 199 Å². The molecule has 0 aliphatic heterocycles. The maximum Gasteiger partial charge on any atom is 0.0699 e. The molecular formula is C35H67B. The van der Waals surface area contributed by atoms with Crippen LogP contribution in [-0.4, -0.2) is 7.85 Å². The van der Waals surface area contributed by atoms with Crippen molar-refractivity contribution in [2.75, 3.05) is 0 Å². The van der Waals surface area contributed by atoms with Crippen molar-refractivity contribution in [1.82, 2.24) is 0 Å². The lowest BCUT2D eigenvalue weighted by Crippen LogP contribution is -1.92. The maximum atomic E-state index is 6.35. The summed E-state index contributed by atoms with van der Waals surface area (Å²) in [6, 6.07) is 0. The Hall–Kier alpha value is -0.455. The molecule has 0 bridgehead atoms. The van der Waals surface area contributed by atoms with Gasteiger partial charge in [0.1, 0.15) is 0 Å². The van der Waals surface area contributed by atoms with Gasteiger partial charge in [-0.05, 0) is 19.3 Å². The molecule has 0 aliphatic carbocycles. The summed E-state index contributed by atoms with van der Waals surface area (Å²) in [7, 11) is 6.35. The first-order chi connectivity index (χ1) is 17.7. The molecule has 0 aliphatic rings. The van der Waals surface area contributed by atoms with Gasteiger partial charge in [0.05, 0.1) is 7.85 Å². The molecule has 0 nitrogen and oxygen atoms in total. The molecule has 210 valence electrons. The lowest BCUT2D eigenvalue weighted by Gasteiger charge is -2.10. The molecule has 1 atom stereocenters.